The summed E-state index contributed by atoms with van der Waals surface area (Å²) in [4.78, 5) is 15.2. The zero-order valence-electron chi connectivity index (χ0n) is 14.2. The first-order valence-electron chi connectivity index (χ1n) is 9.29. The zero-order chi connectivity index (χ0) is 16.3. The second kappa shape index (κ2) is 7.23. The number of piperidine rings is 3. The van der Waals surface area contributed by atoms with Crippen LogP contribution in [0.15, 0.2) is 0 Å². The fourth-order valence-electron chi connectivity index (χ4n) is 4.33. The number of hydrogen-bond donors (Lipinski definition) is 1. The smallest absolute Gasteiger partial charge is 0.351 e. The monoisotopic (exact) mass is 319 g/mol. The molecule has 1 saturated carbocycles. The zero-order valence-corrected chi connectivity index (χ0v) is 14.2. The van der Waals surface area contributed by atoms with Crippen LogP contribution >= 0.6 is 0 Å². The van der Waals surface area contributed by atoms with Gasteiger partial charge in [0.05, 0.1) is 0 Å². The third-order valence-electron chi connectivity index (χ3n) is 5.82. The van der Waals surface area contributed by atoms with Gasteiger partial charge >= 0.3 is 5.97 Å². The minimum Gasteiger partial charge on any atom is -0.458 e. The van der Waals surface area contributed by atoms with Gasteiger partial charge in [0.15, 0.2) is 0 Å². The summed E-state index contributed by atoms with van der Waals surface area (Å²) in [5.74, 6) is 5.67. The molecule has 4 aliphatic rings. The number of ether oxygens (including phenoxy) is 1. The Morgan fingerprint density at radius 1 is 1.22 bits per heavy atom. The van der Waals surface area contributed by atoms with Gasteiger partial charge in [-0.25, -0.2) is 4.79 Å². The van der Waals surface area contributed by atoms with E-state index < -0.39 is 11.6 Å². The van der Waals surface area contributed by atoms with Crippen molar-refractivity contribution in [3.05, 3.63) is 0 Å². The van der Waals surface area contributed by atoms with Crippen LogP contribution < -0.4 is 0 Å². The average Bonchev–Trinajstić information content (AvgIpc) is 2.61. The van der Waals surface area contributed by atoms with Crippen molar-refractivity contribution in [1.29, 1.82) is 0 Å². The van der Waals surface area contributed by atoms with E-state index in [-0.39, 0.29) is 12.0 Å². The van der Waals surface area contributed by atoms with Crippen LogP contribution in [0.4, 0.5) is 0 Å². The van der Waals surface area contributed by atoms with E-state index in [4.69, 9.17) is 4.74 Å². The van der Waals surface area contributed by atoms with E-state index in [0.29, 0.717) is 12.3 Å². The molecule has 3 aliphatic heterocycles. The molecule has 3 saturated heterocycles. The summed E-state index contributed by atoms with van der Waals surface area (Å²) in [5, 5.41) is 11.1. The van der Waals surface area contributed by atoms with Gasteiger partial charge in [0.1, 0.15) is 6.10 Å². The van der Waals surface area contributed by atoms with Crippen LogP contribution in [0.5, 0.6) is 0 Å². The van der Waals surface area contributed by atoms with E-state index >= 15 is 0 Å². The van der Waals surface area contributed by atoms with Crippen LogP contribution in [0.25, 0.3) is 0 Å². The third-order valence-corrected chi connectivity index (χ3v) is 5.82. The first kappa shape index (κ1) is 16.8. The van der Waals surface area contributed by atoms with Gasteiger partial charge in [-0.15, -0.1) is 0 Å². The number of nitrogens with zero attached hydrogens (tertiary/aromatic N) is 1. The van der Waals surface area contributed by atoms with Crippen molar-refractivity contribution >= 4 is 5.97 Å². The van der Waals surface area contributed by atoms with E-state index in [2.05, 4.69) is 16.7 Å². The lowest BCUT2D eigenvalue weighted by molar-refractivity contribution is -0.180. The number of rotatable bonds is 3. The summed E-state index contributed by atoms with van der Waals surface area (Å²) in [6, 6.07) is 0. The van der Waals surface area contributed by atoms with Gasteiger partial charge in [0, 0.05) is 18.9 Å². The molecule has 0 radical (unpaired) electrons. The van der Waals surface area contributed by atoms with Crippen LogP contribution in [0.1, 0.15) is 58.3 Å². The predicted octanol–water partition coefficient (Wildman–Crippen LogP) is 2.35. The van der Waals surface area contributed by atoms with Crippen molar-refractivity contribution < 1.29 is 14.6 Å². The molecule has 0 aromatic heterocycles. The number of carbonyl (C=O) groups is 1. The van der Waals surface area contributed by atoms with E-state index in [1.807, 2.05) is 6.92 Å². The van der Waals surface area contributed by atoms with Crippen molar-refractivity contribution in [2.24, 2.45) is 11.8 Å². The third kappa shape index (κ3) is 3.56. The molecule has 23 heavy (non-hydrogen) atoms. The minimum absolute atomic E-state index is 0.0662. The topological polar surface area (TPSA) is 49.8 Å². The molecular weight excluding hydrogens is 290 g/mol. The van der Waals surface area contributed by atoms with Crippen molar-refractivity contribution in [3.63, 3.8) is 0 Å². The molecule has 0 aromatic rings. The number of aliphatic hydroxyl groups is 1. The molecule has 1 aliphatic carbocycles. The van der Waals surface area contributed by atoms with E-state index in [0.717, 1.165) is 58.2 Å². The van der Waals surface area contributed by atoms with Gasteiger partial charge in [0.2, 0.25) is 5.60 Å². The largest absolute Gasteiger partial charge is 0.458 e. The SMILES string of the molecule is CCC#CC(O)(C(=O)OC1CN2CCC1CC2)C1CCCCC1. The lowest BCUT2D eigenvalue weighted by atomic mass is 9.77. The Hall–Kier alpha value is -1.05. The van der Waals surface area contributed by atoms with Crippen LogP contribution in [0, 0.1) is 23.7 Å². The summed E-state index contributed by atoms with van der Waals surface area (Å²) in [6.45, 7) is 4.98. The highest BCUT2D eigenvalue weighted by atomic mass is 16.6. The fourth-order valence-corrected chi connectivity index (χ4v) is 4.33. The molecule has 4 fully saturated rings. The van der Waals surface area contributed by atoms with Gasteiger partial charge in [-0.1, -0.05) is 38.0 Å². The van der Waals surface area contributed by atoms with Gasteiger partial charge in [-0.05, 0) is 44.7 Å². The molecule has 4 rings (SSSR count). The molecule has 128 valence electrons. The van der Waals surface area contributed by atoms with Crippen LogP contribution in [0.2, 0.25) is 0 Å². The second-order valence-corrected chi connectivity index (χ2v) is 7.34. The Morgan fingerprint density at radius 3 is 2.48 bits per heavy atom. The fraction of sp³-hybridized carbons (Fsp3) is 0.842. The Labute approximate surface area is 139 Å². The highest BCUT2D eigenvalue weighted by Crippen LogP contribution is 2.35. The van der Waals surface area contributed by atoms with Crippen molar-refractivity contribution in [2.45, 2.75) is 70.0 Å². The van der Waals surface area contributed by atoms with Gasteiger partial charge in [-0.3, -0.25) is 4.90 Å². The van der Waals surface area contributed by atoms with Crippen molar-refractivity contribution in [1.82, 2.24) is 4.90 Å². The molecule has 2 atom stereocenters. The Kier molecular flexibility index (Phi) is 5.28. The number of fused-ring (bicyclic) bond motifs is 3. The maximum Gasteiger partial charge on any atom is 0.351 e. The second-order valence-electron chi connectivity index (χ2n) is 7.34. The number of esters is 1. The summed E-state index contributed by atoms with van der Waals surface area (Å²) < 4.78 is 5.81. The van der Waals surface area contributed by atoms with Gasteiger partial charge < -0.3 is 9.84 Å². The van der Waals surface area contributed by atoms with Gasteiger partial charge in [-0.2, -0.15) is 0 Å². The van der Waals surface area contributed by atoms with Crippen molar-refractivity contribution in [3.8, 4) is 11.8 Å². The van der Waals surface area contributed by atoms with Crippen molar-refractivity contribution in [2.75, 3.05) is 19.6 Å². The standard InChI is InChI=1S/C19H29NO3/c1-2-3-11-19(22,16-7-5-4-6-8-16)18(21)23-17-14-20-12-9-15(17)10-13-20/h15-17,22H,2,4-10,12-14H2,1H3. The Bertz CT molecular complexity index is 481. The van der Waals surface area contributed by atoms with Crippen LogP contribution in [0.3, 0.4) is 0 Å². The highest BCUT2D eigenvalue weighted by Gasteiger charge is 2.47. The lowest BCUT2D eigenvalue weighted by Crippen LogP contribution is -2.55. The molecular formula is C19H29NO3. The first-order chi connectivity index (χ1) is 11.1. The van der Waals surface area contributed by atoms with E-state index in [1.165, 1.54) is 6.42 Å². The van der Waals surface area contributed by atoms with Gasteiger partial charge in [0.25, 0.3) is 0 Å². The van der Waals surface area contributed by atoms with Crippen LogP contribution in [-0.2, 0) is 9.53 Å². The molecule has 2 unspecified atom stereocenters. The Morgan fingerprint density at radius 2 is 1.91 bits per heavy atom. The summed E-state index contributed by atoms with van der Waals surface area (Å²) in [6.07, 6.45) is 7.81. The van der Waals surface area contributed by atoms with E-state index in [9.17, 15) is 9.90 Å². The van der Waals surface area contributed by atoms with E-state index in [1.54, 1.807) is 0 Å². The van der Waals surface area contributed by atoms with Crippen LogP contribution in [-0.4, -0.2) is 47.3 Å². The lowest BCUT2D eigenvalue weighted by Gasteiger charge is -2.45. The molecule has 4 heteroatoms. The summed E-state index contributed by atoms with van der Waals surface area (Å²) >= 11 is 0. The quantitative estimate of drug-likeness (QED) is 0.641. The molecule has 3 heterocycles. The molecule has 1 N–H and O–H groups in total. The molecule has 2 bridgehead atoms. The molecule has 4 nitrogen and oxygen atoms in total. The number of hydrogen-bond acceptors (Lipinski definition) is 4. The highest BCUT2D eigenvalue weighted by molar-refractivity contribution is 5.84. The summed E-state index contributed by atoms with van der Waals surface area (Å²) in [5.41, 5.74) is -1.61. The molecule has 0 amide bonds. The maximum atomic E-state index is 12.8. The predicted molar refractivity (Wildman–Crippen MR) is 88.6 cm³/mol. The molecule has 0 spiro atoms. The normalized spacial score (nSPS) is 33.4. The Balaban J connectivity index is 1.72. The maximum absolute atomic E-state index is 12.8. The molecule has 0 aromatic carbocycles. The first-order valence-corrected chi connectivity index (χ1v) is 9.29. The minimum atomic E-state index is -1.61. The average molecular weight is 319 g/mol. The summed E-state index contributed by atoms with van der Waals surface area (Å²) in [7, 11) is 0. The number of carbonyl (C=O) groups excluding carboxylic acids is 1.